The Morgan fingerprint density at radius 3 is 2.57 bits per heavy atom. The zero-order chi connectivity index (χ0) is 17.2. The normalized spacial score (nSPS) is 11.3. The van der Waals surface area contributed by atoms with E-state index in [1.165, 1.54) is 0 Å². The smallest absolute Gasteiger partial charge is 0.378 e. The molecule has 0 aliphatic carbocycles. The van der Waals surface area contributed by atoms with Crippen LogP contribution in [0.3, 0.4) is 0 Å². The monoisotopic (exact) mass is 331 g/mol. The van der Waals surface area contributed by atoms with E-state index in [9.17, 15) is 27.7 Å². The fourth-order valence-corrected chi connectivity index (χ4v) is 1.66. The van der Waals surface area contributed by atoms with Crippen LogP contribution in [0.2, 0.25) is 0 Å². The molecule has 0 saturated heterocycles. The predicted octanol–water partition coefficient (Wildman–Crippen LogP) is 2.74. The van der Waals surface area contributed by atoms with Crippen molar-refractivity contribution in [3.8, 4) is 0 Å². The number of hydrogen-bond acceptors (Lipinski definition) is 6. The van der Waals surface area contributed by atoms with E-state index in [1.807, 2.05) is 0 Å². The largest absolute Gasteiger partial charge is 0.416 e. The van der Waals surface area contributed by atoms with Crippen LogP contribution in [0.5, 0.6) is 0 Å². The molecule has 0 fully saturated rings. The summed E-state index contributed by atoms with van der Waals surface area (Å²) in [7, 11) is 0. The number of rotatable bonds is 4. The minimum absolute atomic E-state index is 0.0569. The number of anilines is 2. The number of nitrogens with one attached hydrogen (secondary N) is 1. The summed E-state index contributed by atoms with van der Waals surface area (Å²) in [6.07, 6.45) is -3.77. The van der Waals surface area contributed by atoms with Gasteiger partial charge in [-0.15, -0.1) is 0 Å². The van der Waals surface area contributed by atoms with Gasteiger partial charge in [-0.1, -0.05) is 6.07 Å². The molecule has 0 bridgehead atoms. The zero-order valence-corrected chi connectivity index (χ0v) is 11.3. The number of aromatic nitrogens is 2. The first-order chi connectivity index (χ1) is 10.7. The summed E-state index contributed by atoms with van der Waals surface area (Å²) in [5.41, 5.74) is 3.71. The molecule has 2 rings (SSSR count). The van der Waals surface area contributed by atoms with Crippen LogP contribution in [0.1, 0.15) is 11.1 Å². The quantitative estimate of drug-likeness (QED) is 0.507. The molecule has 11 heteroatoms. The Morgan fingerprint density at radius 2 is 2.04 bits per heavy atom. The van der Waals surface area contributed by atoms with Gasteiger partial charge < -0.3 is 11.1 Å². The van der Waals surface area contributed by atoms with Crippen molar-refractivity contribution in [1.29, 1.82) is 0 Å². The number of nitrogens with zero attached hydrogens (tertiary/aromatic N) is 3. The van der Waals surface area contributed by atoms with Gasteiger partial charge >= 0.3 is 11.9 Å². The van der Waals surface area contributed by atoms with Crippen molar-refractivity contribution in [2.24, 2.45) is 0 Å². The minimum atomic E-state index is -4.64. The van der Waals surface area contributed by atoms with Crippen LogP contribution in [0.25, 0.3) is 0 Å². The van der Waals surface area contributed by atoms with E-state index < -0.39 is 28.2 Å². The third kappa shape index (κ3) is 3.81. The van der Waals surface area contributed by atoms with E-state index in [2.05, 4.69) is 15.3 Å². The molecule has 0 spiro atoms. The van der Waals surface area contributed by atoms with Gasteiger partial charge in [0.05, 0.1) is 10.5 Å². The molecule has 0 radical (unpaired) electrons. The molecule has 0 aliphatic heterocycles. The topological polar surface area (TPSA) is 107 Å². The van der Waals surface area contributed by atoms with Crippen LogP contribution < -0.4 is 11.1 Å². The molecule has 1 heterocycles. The van der Waals surface area contributed by atoms with Crippen molar-refractivity contribution in [3.05, 3.63) is 51.5 Å². The Labute approximate surface area is 126 Å². The number of hydrogen-bond donors (Lipinski definition) is 2. The van der Waals surface area contributed by atoms with Crippen LogP contribution in [-0.2, 0) is 12.7 Å². The number of nitrogen functional groups attached to an aromatic ring is 1. The highest BCUT2D eigenvalue weighted by Gasteiger charge is 2.31. The molecule has 0 aliphatic rings. The van der Waals surface area contributed by atoms with E-state index >= 15 is 0 Å². The van der Waals surface area contributed by atoms with Gasteiger partial charge in [-0.25, -0.2) is 9.37 Å². The fraction of sp³-hybridized carbons (Fsp3) is 0.167. The van der Waals surface area contributed by atoms with E-state index in [4.69, 9.17) is 5.73 Å². The van der Waals surface area contributed by atoms with Crippen molar-refractivity contribution in [1.82, 2.24) is 9.97 Å². The second-order valence-corrected chi connectivity index (χ2v) is 4.38. The summed E-state index contributed by atoms with van der Waals surface area (Å²) >= 11 is 0. The average Bonchev–Trinajstić information content (AvgIpc) is 2.44. The molecule has 1 aromatic heterocycles. The Hall–Kier alpha value is -2.98. The molecule has 0 atom stereocenters. The maximum Gasteiger partial charge on any atom is 0.416 e. The summed E-state index contributed by atoms with van der Waals surface area (Å²) in [4.78, 5) is 17.0. The highest BCUT2D eigenvalue weighted by Crippen LogP contribution is 2.30. The van der Waals surface area contributed by atoms with E-state index in [1.54, 1.807) is 0 Å². The lowest BCUT2D eigenvalue weighted by molar-refractivity contribution is -0.384. The summed E-state index contributed by atoms with van der Waals surface area (Å²) in [5.74, 6) is -1.56. The van der Waals surface area contributed by atoms with E-state index in [-0.39, 0.29) is 23.9 Å². The molecule has 7 nitrogen and oxygen atoms in total. The van der Waals surface area contributed by atoms with Gasteiger partial charge in [0.1, 0.15) is 12.0 Å². The van der Waals surface area contributed by atoms with Crippen molar-refractivity contribution in [3.63, 3.8) is 0 Å². The summed E-state index contributed by atoms with van der Waals surface area (Å²) in [5, 5.41) is 13.1. The van der Waals surface area contributed by atoms with Gasteiger partial charge in [0.25, 0.3) is 0 Å². The van der Waals surface area contributed by atoms with Crippen molar-refractivity contribution < 1.29 is 22.5 Å². The number of alkyl halides is 3. The van der Waals surface area contributed by atoms with Gasteiger partial charge in [0.15, 0.2) is 0 Å². The van der Waals surface area contributed by atoms with Crippen molar-refractivity contribution in [2.45, 2.75) is 12.7 Å². The molecule has 2 aromatic rings. The van der Waals surface area contributed by atoms with E-state index in [0.717, 1.165) is 18.3 Å². The molecule has 122 valence electrons. The van der Waals surface area contributed by atoms with Crippen LogP contribution >= 0.6 is 0 Å². The highest BCUT2D eigenvalue weighted by molar-refractivity contribution is 5.53. The van der Waals surface area contributed by atoms with Gasteiger partial charge in [0.2, 0.25) is 11.8 Å². The van der Waals surface area contributed by atoms with Gasteiger partial charge in [-0.05, 0) is 12.1 Å². The molecule has 1 aromatic carbocycles. The lowest BCUT2D eigenvalue weighted by Gasteiger charge is -2.10. The lowest BCUT2D eigenvalue weighted by Crippen LogP contribution is -2.10. The zero-order valence-electron chi connectivity index (χ0n) is 11.3. The molecule has 23 heavy (non-hydrogen) atoms. The Balaban J connectivity index is 2.12. The fourth-order valence-electron chi connectivity index (χ4n) is 1.66. The first-order valence-corrected chi connectivity index (χ1v) is 6.05. The van der Waals surface area contributed by atoms with Gasteiger partial charge in [-0.2, -0.15) is 18.2 Å². The second kappa shape index (κ2) is 6.02. The minimum Gasteiger partial charge on any atom is -0.378 e. The van der Waals surface area contributed by atoms with Crippen LogP contribution in [0.15, 0.2) is 24.4 Å². The Morgan fingerprint density at radius 1 is 1.35 bits per heavy atom. The molecule has 0 amide bonds. The standard InChI is InChI=1S/C12H9F4N5O2/c13-8-3-7(12(14,15)16)2-1-6(8)4-18-11-19-5-9(21(22)23)10(17)20-11/h1-3,5H,4H2,(H3,17,18,19,20). The number of benzene rings is 1. The number of nitro groups is 1. The highest BCUT2D eigenvalue weighted by atomic mass is 19.4. The predicted molar refractivity (Wildman–Crippen MR) is 71.8 cm³/mol. The molecular formula is C12H9F4N5O2. The molecule has 3 N–H and O–H groups in total. The van der Waals surface area contributed by atoms with Gasteiger partial charge in [-0.3, -0.25) is 10.1 Å². The first-order valence-electron chi connectivity index (χ1n) is 6.05. The van der Waals surface area contributed by atoms with Crippen LogP contribution in [-0.4, -0.2) is 14.9 Å². The first kappa shape index (κ1) is 16.4. The van der Waals surface area contributed by atoms with Gasteiger partial charge in [0, 0.05) is 12.1 Å². The Bertz CT molecular complexity index is 751. The SMILES string of the molecule is Nc1nc(NCc2ccc(C(F)(F)F)cc2F)ncc1[N+](=O)[O-]. The lowest BCUT2D eigenvalue weighted by atomic mass is 10.1. The van der Waals surface area contributed by atoms with Crippen molar-refractivity contribution in [2.75, 3.05) is 11.1 Å². The second-order valence-electron chi connectivity index (χ2n) is 4.38. The Kier molecular flexibility index (Phi) is 4.29. The third-order valence-corrected chi connectivity index (χ3v) is 2.81. The van der Waals surface area contributed by atoms with Crippen LogP contribution in [0, 0.1) is 15.9 Å². The average molecular weight is 331 g/mol. The summed E-state index contributed by atoms with van der Waals surface area (Å²) in [6.45, 7) is -0.221. The maximum absolute atomic E-state index is 13.6. The number of halogens is 4. The maximum atomic E-state index is 13.6. The summed E-state index contributed by atoms with van der Waals surface area (Å²) < 4.78 is 50.9. The molecular weight excluding hydrogens is 322 g/mol. The van der Waals surface area contributed by atoms with Crippen LogP contribution in [0.4, 0.5) is 35.0 Å². The summed E-state index contributed by atoms with van der Waals surface area (Å²) in [6, 6.07) is 2.09. The number of nitrogens with two attached hydrogens (primary N) is 1. The van der Waals surface area contributed by atoms with Crippen molar-refractivity contribution >= 4 is 17.5 Å². The third-order valence-electron chi connectivity index (χ3n) is 2.81. The molecule has 0 unspecified atom stereocenters. The van der Waals surface area contributed by atoms with E-state index in [0.29, 0.717) is 6.07 Å². The molecule has 0 saturated carbocycles.